The number of methoxy groups -OCH3 is 1. The van der Waals surface area contributed by atoms with Crippen LogP contribution < -0.4 is 9.04 Å². The maximum atomic E-state index is 12.6. The van der Waals surface area contributed by atoms with E-state index in [4.69, 9.17) is 4.74 Å². The first kappa shape index (κ1) is 18.1. The Balaban J connectivity index is 2.40. The minimum Gasteiger partial charge on any atom is -0.497 e. The molecule has 2 rings (SSSR count). The predicted octanol–water partition coefficient (Wildman–Crippen LogP) is 2.99. The monoisotopic (exact) mass is 360 g/mol. The van der Waals surface area contributed by atoms with Gasteiger partial charge in [0.25, 0.3) is 0 Å². The lowest BCUT2D eigenvalue weighted by Crippen LogP contribution is -2.37. The first-order valence-corrected chi connectivity index (χ1v) is 8.43. The molecule has 1 aromatic heterocycles. The SMILES string of the molecule is COc1ccc(N(Cc2ccccn2)S(=O)(=O)CC(F)(F)F)cc1. The summed E-state index contributed by atoms with van der Waals surface area (Å²) in [7, 11) is -3.19. The van der Waals surface area contributed by atoms with Gasteiger partial charge in [0.15, 0.2) is 5.75 Å². The summed E-state index contributed by atoms with van der Waals surface area (Å²) >= 11 is 0. The van der Waals surface area contributed by atoms with Crippen LogP contribution in [-0.4, -0.2) is 32.4 Å². The molecule has 0 aliphatic carbocycles. The Morgan fingerprint density at radius 3 is 2.29 bits per heavy atom. The van der Waals surface area contributed by atoms with E-state index in [1.165, 1.54) is 37.6 Å². The largest absolute Gasteiger partial charge is 0.497 e. The molecule has 0 N–H and O–H groups in total. The molecule has 0 unspecified atom stereocenters. The Morgan fingerprint density at radius 2 is 1.79 bits per heavy atom. The molecule has 2 aromatic rings. The minimum absolute atomic E-state index is 0.103. The maximum Gasteiger partial charge on any atom is 0.404 e. The maximum absolute atomic E-state index is 12.6. The van der Waals surface area contributed by atoms with Gasteiger partial charge >= 0.3 is 6.18 Å². The number of pyridine rings is 1. The topological polar surface area (TPSA) is 59.5 Å². The number of rotatable bonds is 6. The third-order valence-electron chi connectivity index (χ3n) is 3.07. The molecule has 0 amide bonds. The van der Waals surface area contributed by atoms with Gasteiger partial charge in [-0.1, -0.05) is 6.07 Å². The van der Waals surface area contributed by atoms with E-state index in [2.05, 4.69) is 4.98 Å². The molecule has 1 heterocycles. The molecule has 9 heteroatoms. The second-order valence-electron chi connectivity index (χ2n) is 4.90. The molecule has 0 saturated heterocycles. The van der Waals surface area contributed by atoms with Gasteiger partial charge < -0.3 is 4.74 Å². The molecular formula is C15H15F3N2O3S. The fourth-order valence-corrected chi connectivity index (χ4v) is 3.36. The van der Waals surface area contributed by atoms with Crippen molar-refractivity contribution in [3.63, 3.8) is 0 Å². The summed E-state index contributed by atoms with van der Waals surface area (Å²) in [5.74, 6) is -1.48. The van der Waals surface area contributed by atoms with Crippen molar-refractivity contribution in [3.05, 3.63) is 54.4 Å². The van der Waals surface area contributed by atoms with Crippen molar-refractivity contribution in [1.82, 2.24) is 4.98 Å². The van der Waals surface area contributed by atoms with E-state index in [-0.39, 0.29) is 12.2 Å². The normalized spacial score (nSPS) is 12.0. The van der Waals surface area contributed by atoms with E-state index >= 15 is 0 Å². The summed E-state index contributed by atoms with van der Waals surface area (Å²) in [6, 6.07) is 10.5. The minimum atomic E-state index is -4.84. The molecule has 0 radical (unpaired) electrons. The van der Waals surface area contributed by atoms with Crippen molar-refractivity contribution in [2.75, 3.05) is 17.2 Å². The number of hydrogen-bond donors (Lipinski definition) is 0. The van der Waals surface area contributed by atoms with Crippen LogP contribution in [0.5, 0.6) is 5.75 Å². The van der Waals surface area contributed by atoms with Gasteiger partial charge in [0.1, 0.15) is 5.75 Å². The summed E-state index contributed by atoms with van der Waals surface area (Å²) in [4.78, 5) is 3.98. The van der Waals surface area contributed by atoms with Crippen LogP contribution in [0.3, 0.4) is 0 Å². The number of benzene rings is 1. The molecule has 0 saturated carbocycles. The van der Waals surface area contributed by atoms with E-state index in [1.807, 2.05) is 0 Å². The number of hydrogen-bond acceptors (Lipinski definition) is 4. The van der Waals surface area contributed by atoms with E-state index in [1.54, 1.807) is 18.2 Å². The Hall–Kier alpha value is -2.29. The van der Waals surface area contributed by atoms with Crippen molar-refractivity contribution >= 4 is 15.7 Å². The molecule has 0 aliphatic rings. The number of nitrogens with zero attached hydrogens (tertiary/aromatic N) is 2. The molecule has 0 bridgehead atoms. The average molecular weight is 360 g/mol. The Bertz CT molecular complexity index is 763. The molecule has 0 atom stereocenters. The van der Waals surface area contributed by atoms with Gasteiger partial charge in [0.2, 0.25) is 10.0 Å². The molecule has 24 heavy (non-hydrogen) atoms. The number of halogens is 3. The van der Waals surface area contributed by atoms with Crippen molar-refractivity contribution in [3.8, 4) is 5.75 Å². The molecule has 0 aliphatic heterocycles. The standard InChI is InChI=1S/C15H15F3N2O3S/c1-23-14-7-5-13(6-8-14)20(10-12-4-2-3-9-19-12)24(21,22)11-15(16,17)18/h2-9H,10-11H2,1H3. The fourth-order valence-electron chi connectivity index (χ4n) is 2.02. The highest BCUT2D eigenvalue weighted by Crippen LogP contribution is 2.27. The third-order valence-corrected chi connectivity index (χ3v) is 4.78. The third kappa shape index (κ3) is 4.85. The van der Waals surface area contributed by atoms with Crippen LogP contribution in [0.2, 0.25) is 0 Å². The number of anilines is 1. The zero-order chi connectivity index (χ0) is 17.8. The van der Waals surface area contributed by atoms with Gasteiger partial charge in [-0.15, -0.1) is 0 Å². The number of sulfonamides is 1. The highest BCUT2D eigenvalue weighted by atomic mass is 32.2. The zero-order valence-corrected chi connectivity index (χ0v) is 13.5. The van der Waals surface area contributed by atoms with Crippen molar-refractivity contribution in [1.29, 1.82) is 0 Å². The first-order chi connectivity index (χ1) is 11.2. The van der Waals surface area contributed by atoms with Crippen LogP contribution in [0.1, 0.15) is 5.69 Å². The van der Waals surface area contributed by atoms with Crippen molar-refractivity contribution in [2.45, 2.75) is 12.7 Å². The molecule has 0 fully saturated rings. The van der Waals surface area contributed by atoms with E-state index in [0.29, 0.717) is 15.7 Å². The van der Waals surface area contributed by atoms with Crippen LogP contribution in [0, 0.1) is 0 Å². The van der Waals surface area contributed by atoms with E-state index < -0.39 is 22.0 Å². The van der Waals surface area contributed by atoms with Gasteiger partial charge in [-0.25, -0.2) is 8.42 Å². The lowest BCUT2D eigenvalue weighted by molar-refractivity contribution is -0.106. The highest BCUT2D eigenvalue weighted by molar-refractivity contribution is 7.92. The van der Waals surface area contributed by atoms with Gasteiger partial charge in [-0.05, 0) is 36.4 Å². The summed E-state index contributed by atoms with van der Waals surface area (Å²) < 4.78 is 68.1. The molecule has 5 nitrogen and oxygen atoms in total. The molecule has 0 spiro atoms. The van der Waals surface area contributed by atoms with Crippen LogP contribution in [0.4, 0.5) is 18.9 Å². The van der Waals surface area contributed by atoms with Gasteiger partial charge in [0, 0.05) is 6.20 Å². The Kier molecular flexibility index (Phi) is 5.33. The Morgan fingerprint density at radius 1 is 1.12 bits per heavy atom. The molecule has 1 aromatic carbocycles. The van der Waals surface area contributed by atoms with Crippen LogP contribution in [0.15, 0.2) is 48.7 Å². The average Bonchev–Trinajstić information content (AvgIpc) is 2.51. The van der Waals surface area contributed by atoms with Crippen molar-refractivity contribution < 1.29 is 26.3 Å². The number of ether oxygens (including phenoxy) is 1. The van der Waals surface area contributed by atoms with E-state index in [9.17, 15) is 21.6 Å². The second-order valence-corrected chi connectivity index (χ2v) is 6.79. The fraction of sp³-hybridized carbons (Fsp3) is 0.267. The first-order valence-electron chi connectivity index (χ1n) is 6.82. The summed E-state index contributed by atoms with van der Waals surface area (Å²) in [5.41, 5.74) is 0.435. The summed E-state index contributed by atoms with van der Waals surface area (Å²) in [6.45, 7) is -0.300. The zero-order valence-electron chi connectivity index (χ0n) is 12.7. The summed E-state index contributed by atoms with van der Waals surface area (Å²) in [5, 5.41) is 0. The lowest BCUT2D eigenvalue weighted by Gasteiger charge is -2.25. The molecule has 130 valence electrons. The Labute approximate surface area is 137 Å². The van der Waals surface area contributed by atoms with E-state index in [0.717, 1.165) is 0 Å². The second kappa shape index (κ2) is 7.08. The van der Waals surface area contributed by atoms with Crippen molar-refractivity contribution in [2.24, 2.45) is 0 Å². The number of alkyl halides is 3. The van der Waals surface area contributed by atoms with Gasteiger partial charge in [-0.2, -0.15) is 13.2 Å². The van der Waals surface area contributed by atoms with Crippen LogP contribution in [-0.2, 0) is 16.6 Å². The lowest BCUT2D eigenvalue weighted by atomic mass is 10.3. The highest BCUT2D eigenvalue weighted by Gasteiger charge is 2.38. The van der Waals surface area contributed by atoms with Crippen LogP contribution in [0.25, 0.3) is 0 Å². The quantitative estimate of drug-likeness (QED) is 0.795. The summed E-state index contributed by atoms with van der Waals surface area (Å²) in [6.07, 6.45) is -3.40. The van der Waals surface area contributed by atoms with Gasteiger partial charge in [-0.3, -0.25) is 9.29 Å². The smallest absolute Gasteiger partial charge is 0.404 e. The molecular weight excluding hydrogens is 345 g/mol. The number of aromatic nitrogens is 1. The van der Waals surface area contributed by atoms with Gasteiger partial charge in [0.05, 0.1) is 25.0 Å². The predicted molar refractivity (Wildman–Crippen MR) is 83.3 cm³/mol. The van der Waals surface area contributed by atoms with Crippen LogP contribution >= 0.6 is 0 Å².